The van der Waals surface area contributed by atoms with Crippen LogP contribution in [-0.4, -0.2) is 19.0 Å². The number of ether oxygens (including phenoxy) is 1. The van der Waals surface area contributed by atoms with E-state index in [9.17, 15) is 4.79 Å². The van der Waals surface area contributed by atoms with Crippen molar-refractivity contribution in [2.45, 2.75) is 32.3 Å². The third kappa shape index (κ3) is 1.57. The van der Waals surface area contributed by atoms with Gasteiger partial charge < -0.3 is 4.74 Å². The van der Waals surface area contributed by atoms with Gasteiger partial charge in [0, 0.05) is 19.4 Å². The second-order valence-corrected chi connectivity index (χ2v) is 3.00. The minimum Gasteiger partial charge on any atom is -0.381 e. The zero-order chi connectivity index (χ0) is 7.56. The van der Waals surface area contributed by atoms with Crippen molar-refractivity contribution in [2.75, 3.05) is 7.11 Å². The molecule has 0 N–H and O–H groups in total. The number of carbonyl (C=O) groups is 1. The second-order valence-electron chi connectivity index (χ2n) is 3.00. The van der Waals surface area contributed by atoms with E-state index >= 15 is 0 Å². The molecule has 58 valence electrons. The predicted molar refractivity (Wildman–Crippen MR) is 38.8 cm³/mol. The van der Waals surface area contributed by atoms with Crippen LogP contribution in [0.25, 0.3) is 0 Å². The molecule has 0 aromatic carbocycles. The fraction of sp³-hybridized carbons (Fsp3) is 0.875. The molecule has 0 radical (unpaired) electrons. The first-order valence-electron chi connectivity index (χ1n) is 3.79. The van der Waals surface area contributed by atoms with Gasteiger partial charge in [-0.15, -0.1) is 0 Å². The molecule has 1 fully saturated rings. The number of carbonyl (C=O) groups excluding carboxylic acids is 1. The lowest BCUT2D eigenvalue weighted by molar-refractivity contribution is -0.126. The van der Waals surface area contributed by atoms with Crippen LogP contribution in [-0.2, 0) is 9.53 Å². The molecule has 0 bridgehead atoms. The molecule has 0 aromatic heterocycles. The van der Waals surface area contributed by atoms with Crippen molar-refractivity contribution < 1.29 is 9.53 Å². The van der Waals surface area contributed by atoms with Crippen LogP contribution >= 0.6 is 0 Å². The summed E-state index contributed by atoms with van der Waals surface area (Å²) >= 11 is 0. The summed E-state index contributed by atoms with van der Waals surface area (Å²) in [5, 5.41) is 0. The number of Topliss-reactive ketones (excluding diaryl/α,β-unsaturated/α-hetero) is 1. The average Bonchev–Trinajstić information content (AvgIpc) is 1.95. The van der Waals surface area contributed by atoms with Crippen molar-refractivity contribution in [1.29, 1.82) is 0 Å². The Morgan fingerprint density at radius 3 is 2.80 bits per heavy atom. The highest BCUT2D eigenvalue weighted by atomic mass is 16.5. The number of ketones is 1. The van der Waals surface area contributed by atoms with Crippen LogP contribution < -0.4 is 0 Å². The summed E-state index contributed by atoms with van der Waals surface area (Å²) < 4.78 is 5.16. The van der Waals surface area contributed by atoms with Crippen molar-refractivity contribution in [3.05, 3.63) is 0 Å². The van der Waals surface area contributed by atoms with E-state index in [-0.39, 0.29) is 5.92 Å². The van der Waals surface area contributed by atoms with Crippen molar-refractivity contribution in [3.63, 3.8) is 0 Å². The van der Waals surface area contributed by atoms with Gasteiger partial charge in [-0.2, -0.15) is 0 Å². The van der Waals surface area contributed by atoms with Crippen molar-refractivity contribution in [1.82, 2.24) is 0 Å². The summed E-state index contributed by atoms with van der Waals surface area (Å²) in [4.78, 5) is 11.0. The standard InChI is InChI=1S/C8H14O2/c1-6-5-7(10-2)3-4-8(6)9/h6-7H,3-5H2,1-2H3/t6-,7+/m0/s1. The van der Waals surface area contributed by atoms with E-state index in [1.54, 1.807) is 7.11 Å². The monoisotopic (exact) mass is 142 g/mol. The zero-order valence-electron chi connectivity index (χ0n) is 6.59. The Balaban J connectivity index is 2.40. The van der Waals surface area contributed by atoms with Crippen LogP contribution in [0.3, 0.4) is 0 Å². The van der Waals surface area contributed by atoms with Gasteiger partial charge in [-0.25, -0.2) is 0 Å². The van der Waals surface area contributed by atoms with Crippen LogP contribution in [0, 0.1) is 5.92 Å². The Hall–Kier alpha value is -0.370. The summed E-state index contributed by atoms with van der Waals surface area (Å²) in [5.74, 6) is 0.618. The molecule has 2 heteroatoms. The lowest BCUT2D eigenvalue weighted by Crippen LogP contribution is -2.27. The molecule has 0 amide bonds. The van der Waals surface area contributed by atoms with Crippen LogP contribution in [0.2, 0.25) is 0 Å². The minimum atomic E-state index is 0.221. The Morgan fingerprint density at radius 2 is 2.30 bits per heavy atom. The summed E-state index contributed by atoms with van der Waals surface area (Å²) in [6, 6.07) is 0. The highest BCUT2D eigenvalue weighted by Gasteiger charge is 2.24. The molecular weight excluding hydrogens is 128 g/mol. The van der Waals surface area contributed by atoms with E-state index in [4.69, 9.17) is 4.74 Å². The molecule has 0 aromatic rings. The van der Waals surface area contributed by atoms with E-state index in [0.717, 1.165) is 12.8 Å². The summed E-state index contributed by atoms with van der Waals surface area (Å²) in [5.41, 5.74) is 0. The molecule has 0 heterocycles. The van der Waals surface area contributed by atoms with Crippen LogP contribution in [0.1, 0.15) is 26.2 Å². The predicted octanol–water partition coefficient (Wildman–Crippen LogP) is 1.39. The van der Waals surface area contributed by atoms with Gasteiger partial charge in [0.15, 0.2) is 0 Å². The number of methoxy groups -OCH3 is 1. The smallest absolute Gasteiger partial charge is 0.135 e. The fourth-order valence-electron chi connectivity index (χ4n) is 1.41. The van der Waals surface area contributed by atoms with Gasteiger partial charge in [0.05, 0.1) is 6.10 Å². The maximum absolute atomic E-state index is 11.0. The first kappa shape index (κ1) is 7.73. The van der Waals surface area contributed by atoms with Gasteiger partial charge in [-0.3, -0.25) is 4.79 Å². The third-order valence-electron chi connectivity index (χ3n) is 2.21. The molecule has 0 unspecified atom stereocenters. The maximum Gasteiger partial charge on any atom is 0.135 e. The second kappa shape index (κ2) is 3.15. The molecule has 2 atom stereocenters. The Kier molecular flexibility index (Phi) is 2.44. The number of hydrogen-bond acceptors (Lipinski definition) is 2. The molecule has 0 aliphatic heterocycles. The summed E-state index contributed by atoms with van der Waals surface area (Å²) in [7, 11) is 1.72. The van der Waals surface area contributed by atoms with Crippen molar-refractivity contribution in [3.8, 4) is 0 Å². The minimum absolute atomic E-state index is 0.221. The van der Waals surface area contributed by atoms with Crippen LogP contribution in [0.5, 0.6) is 0 Å². The van der Waals surface area contributed by atoms with Gasteiger partial charge in [0.2, 0.25) is 0 Å². The first-order valence-corrected chi connectivity index (χ1v) is 3.79. The highest BCUT2D eigenvalue weighted by Crippen LogP contribution is 2.22. The van der Waals surface area contributed by atoms with Gasteiger partial charge >= 0.3 is 0 Å². The zero-order valence-corrected chi connectivity index (χ0v) is 6.59. The topological polar surface area (TPSA) is 26.3 Å². The summed E-state index contributed by atoms with van der Waals surface area (Å²) in [6.45, 7) is 1.98. The van der Waals surface area contributed by atoms with E-state index in [2.05, 4.69) is 0 Å². The Morgan fingerprint density at radius 1 is 1.60 bits per heavy atom. The average molecular weight is 142 g/mol. The van der Waals surface area contributed by atoms with Gasteiger partial charge in [0.25, 0.3) is 0 Å². The lowest BCUT2D eigenvalue weighted by Gasteiger charge is -2.24. The summed E-state index contributed by atoms with van der Waals surface area (Å²) in [6.07, 6.45) is 2.86. The normalized spacial score (nSPS) is 34.4. The number of rotatable bonds is 1. The fourth-order valence-corrected chi connectivity index (χ4v) is 1.41. The molecule has 0 spiro atoms. The molecule has 2 nitrogen and oxygen atoms in total. The molecule has 1 saturated carbocycles. The van der Waals surface area contributed by atoms with Gasteiger partial charge in [-0.1, -0.05) is 6.92 Å². The van der Waals surface area contributed by atoms with E-state index in [0.29, 0.717) is 18.3 Å². The first-order chi connectivity index (χ1) is 4.74. The SMILES string of the molecule is CO[C@@H]1CCC(=O)[C@@H](C)C1. The van der Waals surface area contributed by atoms with E-state index < -0.39 is 0 Å². The molecule has 0 saturated heterocycles. The molecule has 1 rings (SSSR count). The van der Waals surface area contributed by atoms with Crippen LogP contribution in [0.15, 0.2) is 0 Å². The van der Waals surface area contributed by atoms with Gasteiger partial charge in [0.1, 0.15) is 5.78 Å². The molecular formula is C8H14O2. The van der Waals surface area contributed by atoms with Crippen LogP contribution in [0.4, 0.5) is 0 Å². The maximum atomic E-state index is 11.0. The molecule has 1 aliphatic rings. The number of hydrogen-bond donors (Lipinski definition) is 0. The molecule has 1 aliphatic carbocycles. The quantitative estimate of drug-likeness (QED) is 0.553. The third-order valence-corrected chi connectivity index (χ3v) is 2.21. The van der Waals surface area contributed by atoms with E-state index in [1.165, 1.54) is 0 Å². The van der Waals surface area contributed by atoms with Crippen molar-refractivity contribution in [2.24, 2.45) is 5.92 Å². The van der Waals surface area contributed by atoms with Crippen molar-refractivity contribution >= 4 is 5.78 Å². The highest BCUT2D eigenvalue weighted by molar-refractivity contribution is 5.81. The Labute approximate surface area is 61.6 Å². The Bertz CT molecular complexity index is 131. The largest absolute Gasteiger partial charge is 0.381 e. The van der Waals surface area contributed by atoms with E-state index in [1.807, 2.05) is 6.92 Å². The van der Waals surface area contributed by atoms with Gasteiger partial charge in [-0.05, 0) is 12.8 Å². The molecule has 10 heavy (non-hydrogen) atoms. The lowest BCUT2D eigenvalue weighted by atomic mass is 9.87.